The smallest absolute Gasteiger partial charge is 0.0693 e. The summed E-state index contributed by atoms with van der Waals surface area (Å²) in [6.45, 7) is 4.68. The van der Waals surface area contributed by atoms with E-state index in [2.05, 4.69) is 54.7 Å². The Morgan fingerprint density at radius 1 is 1.11 bits per heavy atom. The normalized spacial score (nSPS) is 14.9. The molecule has 0 spiro atoms. The maximum atomic E-state index is 9.16. The first-order valence-electron chi connectivity index (χ1n) is 6.74. The lowest BCUT2D eigenvalue weighted by Crippen LogP contribution is -2.19. The largest absolute Gasteiger partial charge is 0.389 e. The van der Waals surface area contributed by atoms with Crippen molar-refractivity contribution < 1.29 is 5.11 Å². The van der Waals surface area contributed by atoms with Crippen LogP contribution in [0.15, 0.2) is 54.6 Å². The van der Waals surface area contributed by atoms with Crippen molar-refractivity contribution >= 4 is 10.8 Å². The Morgan fingerprint density at radius 3 is 2.63 bits per heavy atom. The fourth-order valence-corrected chi connectivity index (χ4v) is 2.25. The number of nitrogens with one attached hydrogen (secondary N) is 1. The lowest BCUT2D eigenvalue weighted by molar-refractivity contribution is 0.244. The molecule has 0 aliphatic heterocycles. The zero-order valence-electron chi connectivity index (χ0n) is 11.5. The minimum absolute atomic E-state index is 0.282. The van der Waals surface area contributed by atoms with Crippen LogP contribution in [0.2, 0.25) is 0 Å². The molecule has 0 amide bonds. The average Bonchev–Trinajstić information content (AvgIpc) is 2.42. The Morgan fingerprint density at radius 2 is 1.84 bits per heavy atom. The third-order valence-electron chi connectivity index (χ3n) is 3.25. The van der Waals surface area contributed by atoms with Gasteiger partial charge in [0.15, 0.2) is 0 Å². The van der Waals surface area contributed by atoms with Gasteiger partial charge in [-0.15, -0.1) is 0 Å². The van der Waals surface area contributed by atoms with Gasteiger partial charge in [0, 0.05) is 12.6 Å². The molecule has 0 saturated heterocycles. The molecule has 100 valence electrons. The minimum Gasteiger partial charge on any atom is -0.389 e. The van der Waals surface area contributed by atoms with Gasteiger partial charge < -0.3 is 10.4 Å². The second-order valence-corrected chi connectivity index (χ2v) is 4.87. The topological polar surface area (TPSA) is 32.3 Å². The lowest BCUT2D eigenvalue weighted by atomic mass is 10.00. The van der Waals surface area contributed by atoms with E-state index in [4.69, 9.17) is 5.11 Å². The van der Waals surface area contributed by atoms with E-state index >= 15 is 0 Å². The van der Waals surface area contributed by atoms with Crippen LogP contribution in [0, 0.1) is 0 Å². The van der Waals surface area contributed by atoms with Gasteiger partial charge in [-0.25, -0.2) is 0 Å². The van der Waals surface area contributed by atoms with Crippen molar-refractivity contribution in [3.05, 3.63) is 60.2 Å². The van der Waals surface area contributed by atoms with Crippen molar-refractivity contribution in [3.8, 4) is 0 Å². The monoisotopic (exact) mass is 255 g/mol. The molecular weight excluding hydrogens is 234 g/mol. The highest BCUT2D eigenvalue weighted by Gasteiger charge is 2.07. The lowest BCUT2D eigenvalue weighted by Gasteiger charge is -2.15. The maximum Gasteiger partial charge on any atom is 0.0693 e. The van der Waals surface area contributed by atoms with Gasteiger partial charge in [0.25, 0.3) is 0 Å². The number of benzene rings is 2. The van der Waals surface area contributed by atoms with Crippen LogP contribution in [-0.4, -0.2) is 17.8 Å². The molecule has 2 nitrogen and oxygen atoms in total. The second kappa shape index (κ2) is 6.50. The molecule has 2 atom stereocenters. The molecule has 0 aliphatic rings. The van der Waals surface area contributed by atoms with Gasteiger partial charge in [0.1, 0.15) is 0 Å². The van der Waals surface area contributed by atoms with Gasteiger partial charge in [-0.1, -0.05) is 54.6 Å². The van der Waals surface area contributed by atoms with Gasteiger partial charge in [-0.2, -0.15) is 0 Å². The van der Waals surface area contributed by atoms with Crippen LogP contribution >= 0.6 is 0 Å². The van der Waals surface area contributed by atoms with Crippen molar-refractivity contribution in [2.45, 2.75) is 26.0 Å². The first kappa shape index (κ1) is 13.8. The second-order valence-electron chi connectivity index (χ2n) is 4.87. The van der Waals surface area contributed by atoms with Crippen LogP contribution in [0.25, 0.3) is 10.8 Å². The summed E-state index contributed by atoms with van der Waals surface area (Å²) in [6, 6.07) is 15.1. The Balaban J connectivity index is 2.11. The van der Waals surface area contributed by atoms with Crippen LogP contribution < -0.4 is 5.32 Å². The fraction of sp³-hybridized carbons (Fsp3) is 0.294. The summed E-state index contributed by atoms with van der Waals surface area (Å²) in [5.41, 5.74) is 1.31. The van der Waals surface area contributed by atoms with E-state index in [-0.39, 0.29) is 12.1 Å². The summed E-state index contributed by atoms with van der Waals surface area (Å²) in [5, 5.41) is 15.2. The number of hydrogen-bond acceptors (Lipinski definition) is 2. The third kappa shape index (κ3) is 3.66. The highest BCUT2D eigenvalue weighted by Crippen LogP contribution is 2.23. The van der Waals surface area contributed by atoms with Crippen LogP contribution in [0.4, 0.5) is 0 Å². The highest BCUT2D eigenvalue weighted by atomic mass is 16.3. The zero-order chi connectivity index (χ0) is 13.7. The van der Waals surface area contributed by atoms with Crippen molar-refractivity contribution in [2.24, 2.45) is 0 Å². The van der Waals surface area contributed by atoms with Crippen molar-refractivity contribution in [1.29, 1.82) is 0 Å². The van der Waals surface area contributed by atoms with E-state index in [0.29, 0.717) is 0 Å². The summed E-state index contributed by atoms with van der Waals surface area (Å²) < 4.78 is 0. The van der Waals surface area contributed by atoms with Crippen LogP contribution in [0.5, 0.6) is 0 Å². The minimum atomic E-state index is -0.380. The van der Waals surface area contributed by atoms with Crippen LogP contribution in [0.3, 0.4) is 0 Å². The Kier molecular flexibility index (Phi) is 4.72. The Labute approximate surface area is 114 Å². The summed E-state index contributed by atoms with van der Waals surface area (Å²) >= 11 is 0. The van der Waals surface area contributed by atoms with Gasteiger partial charge in [-0.3, -0.25) is 0 Å². The molecule has 0 bridgehead atoms. The summed E-state index contributed by atoms with van der Waals surface area (Å²) in [5.74, 6) is 0. The molecule has 0 heterocycles. The van der Waals surface area contributed by atoms with E-state index < -0.39 is 0 Å². The molecule has 2 aromatic rings. The molecule has 2 rings (SSSR count). The number of fused-ring (bicyclic) bond motifs is 1. The first-order chi connectivity index (χ1) is 9.18. The van der Waals surface area contributed by atoms with E-state index in [1.54, 1.807) is 13.0 Å². The van der Waals surface area contributed by atoms with Gasteiger partial charge >= 0.3 is 0 Å². The molecule has 2 aromatic carbocycles. The maximum absolute atomic E-state index is 9.16. The van der Waals surface area contributed by atoms with Gasteiger partial charge in [0.2, 0.25) is 0 Å². The van der Waals surface area contributed by atoms with Crippen molar-refractivity contribution in [2.75, 3.05) is 6.54 Å². The first-order valence-corrected chi connectivity index (χ1v) is 6.74. The Bertz CT molecular complexity index is 555. The Hall–Kier alpha value is -1.64. The summed E-state index contributed by atoms with van der Waals surface area (Å²) in [6.07, 6.45) is 3.38. The third-order valence-corrected chi connectivity index (χ3v) is 3.25. The molecule has 0 aromatic heterocycles. The van der Waals surface area contributed by atoms with Gasteiger partial charge in [0.05, 0.1) is 6.10 Å². The molecule has 0 fully saturated rings. The zero-order valence-corrected chi connectivity index (χ0v) is 11.5. The number of aliphatic hydroxyl groups is 1. The molecule has 19 heavy (non-hydrogen) atoms. The van der Waals surface area contributed by atoms with Crippen molar-refractivity contribution in [1.82, 2.24) is 5.32 Å². The molecule has 0 saturated carbocycles. The SMILES string of the molecule is CC(O)/C=C/CN[C@H](C)c1cccc2ccccc12. The summed E-state index contributed by atoms with van der Waals surface area (Å²) in [4.78, 5) is 0. The highest BCUT2D eigenvalue weighted by molar-refractivity contribution is 5.86. The predicted octanol–water partition coefficient (Wildman–Crippen LogP) is 3.43. The van der Waals surface area contributed by atoms with E-state index in [1.807, 2.05) is 6.08 Å². The molecule has 1 unspecified atom stereocenters. The molecular formula is C17H21NO. The number of aliphatic hydroxyl groups excluding tert-OH is 1. The number of rotatable bonds is 5. The van der Waals surface area contributed by atoms with Gasteiger partial charge in [-0.05, 0) is 30.2 Å². The number of hydrogen-bond donors (Lipinski definition) is 2. The summed E-state index contributed by atoms with van der Waals surface area (Å²) in [7, 11) is 0. The van der Waals surface area contributed by atoms with Crippen LogP contribution in [-0.2, 0) is 0 Å². The van der Waals surface area contributed by atoms with Crippen molar-refractivity contribution in [3.63, 3.8) is 0 Å². The van der Waals surface area contributed by atoms with E-state index in [9.17, 15) is 0 Å². The molecule has 0 radical (unpaired) electrons. The van der Waals surface area contributed by atoms with E-state index in [0.717, 1.165) is 6.54 Å². The predicted molar refractivity (Wildman–Crippen MR) is 81.2 cm³/mol. The molecule has 2 heteroatoms. The quantitative estimate of drug-likeness (QED) is 0.802. The standard InChI is InChI=1S/C17H21NO/c1-13(19)7-6-12-18-14(2)16-11-5-9-15-8-3-4-10-17(15)16/h3-11,13-14,18-19H,12H2,1-2H3/b7-6+/t13?,14-/m1/s1. The van der Waals surface area contributed by atoms with E-state index in [1.165, 1.54) is 16.3 Å². The van der Waals surface area contributed by atoms with Crippen LogP contribution in [0.1, 0.15) is 25.5 Å². The molecule has 2 N–H and O–H groups in total. The molecule has 0 aliphatic carbocycles. The fourth-order valence-electron chi connectivity index (χ4n) is 2.25. The average molecular weight is 255 g/mol.